The van der Waals surface area contributed by atoms with Gasteiger partial charge >= 0.3 is 0 Å². The molecule has 0 aromatic carbocycles. The third-order valence-corrected chi connectivity index (χ3v) is 9.63. The maximum absolute atomic E-state index is 11.0. The third kappa shape index (κ3) is 5.00. The molecule has 0 spiro atoms. The van der Waals surface area contributed by atoms with E-state index in [0.717, 1.165) is 0 Å². The molecule has 0 aromatic rings. The molecule has 0 unspecified atom stereocenters. The highest BCUT2D eigenvalue weighted by Gasteiger charge is 2.34. The van der Waals surface area contributed by atoms with E-state index >= 15 is 0 Å². The van der Waals surface area contributed by atoms with Gasteiger partial charge in [0.25, 0.3) is 0 Å². The maximum Gasteiger partial charge on any atom is 0.198 e. The quantitative estimate of drug-likeness (QED) is 0.596. The number of thiol groups is 1. The van der Waals surface area contributed by atoms with E-state index in [2.05, 4.69) is 56.1 Å². The van der Waals surface area contributed by atoms with E-state index in [1.165, 1.54) is 0 Å². The number of hydrogen-bond donors (Lipinski definition) is 1. The predicted octanol–water partition coefficient (Wildman–Crippen LogP) is 2.41. The second-order valence-corrected chi connectivity index (χ2v) is 16.0. The van der Waals surface area contributed by atoms with E-state index in [1.807, 2.05) is 0 Å². The summed E-state index contributed by atoms with van der Waals surface area (Å²) >= 11 is 3.87. The van der Waals surface area contributed by atoms with E-state index in [1.54, 1.807) is 0 Å². The van der Waals surface area contributed by atoms with E-state index in [4.69, 9.17) is 0 Å². The number of carbonyl (C=O) groups is 1. The van der Waals surface area contributed by atoms with Crippen LogP contribution in [0.5, 0.6) is 0 Å². The fourth-order valence-electron chi connectivity index (χ4n) is 1.62. The van der Waals surface area contributed by atoms with Gasteiger partial charge in [0.1, 0.15) is 16.5 Å². The van der Waals surface area contributed by atoms with Gasteiger partial charge in [-0.1, -0.05) is 39.3 Å². The van der Waals surface area contributed by atoms with Gasteiger partial charge in [0.2, 0.25) is 0 Å². The fraction of sp³-hybridized carbons (Fsp3) is 0.875. The first kappa shape index (κ1) is 13.4. The van der Waals surface area contributed by atoms with Crippen LogP contribution < -0.4 is 0 Å². The van der Waals surface area contributed by atoms with Gasteiger partial charge in [0.15, 0.2) is 5.12 Å². The van der Waals surface area contributed by atoms with Crippen LogP contribution in [0, 0.1) is 0 Å². The molecule has 0 bridgehead atoms. The minimum atomic E-state index is -1.36. The lowest BCUT2D eigenvalue weighted by atomic mass is 10.8. The zero-order valence-electron chi connectivity index (χ0n) is 9.51. The standard InChI is InChI=1S/C8H21NOSSi2/c1-12(2,3)9(7-8(10)11)13(4,5)6/h7H2,1-6H3,(H,10,11). The predicted molar refractivity (Wildman–Crippen MR) is 67.4 cm³/mol. The minimum absolute atomic E-state index is 0.00940. The summed E-state index contributed by atoms with van der Waals surface area (Å²) < 4.78 is 2.43. The monoisotopic (exact) mass is 235 g/mol. The van der Waals surface area contributed by atoms with Gasteiger partial charge in [0.05, 0.1) is 6.54 Å². The summed E-state index contributed by atoms with van der Waals surface area (Å²) in [5.41, 5.74) is 0. The lowest BCUT2D eigenvalue weighted by Crippen LogP contribution is -2.60. The Morgan fingerprint density at radius 3 is 1.46 bits per heavy atom. The summed E-state index contributed by atoms with van der Waals surface area (Å²) in [7, 11) is -2.72. The Kier molecular flexibility index (Phi) is 4.43. The van der Waals surface area contributed by atoms with Crippen LogP contribution in [0.15, 0.2) is 0 Å². The first-order chi connectivity index (χ1) is 5.55. The Morgan fingerprint density at radius 2 is 1.38 bits per heavy atom. The molecule has 0 amide bonds. The van der Waals surface area contributed by atoms with Gasteiger partial charge < -0.3 is 4.23 Å². The average Bonchev–Trinajstić information content (AvgIpc) is 1.77. The summed E-state index contributed by atoms with van der Waals surface area (Å²) in [5.74, 6) is 0. The lowest BCUT2D eigenvalue weighted by Gasteiger charge is -2.42. The molecule has 0 atom stereocenters. The highest BCUT2D eigenvalue weighted by molar-refractivity contribution is 7.96. The van der Waals surface area contributed by atoms with Crippen LogP contribution >= 0.6 is 12.6 Å². The van der Waals surface area contributed by atoms with Gasteiger partial charge in [-0.3, -0.25) is 4.79 Å². The molecule has 0 radical (unpaired) electrons. The van der Waals surface area contributed by atoms with Crippen LogP contribution in [0.4, 0.5) is 0 Å². The highest BCUT2D eigenvalue weighted by Crippen LogP contribution is 2.19. The van der Waals surface area contributed by atoms with Crippen LogP contribution in [-0.4, -0.2) is 32.4 Å². The van der Waals surface area contributed by atoms with Crippen molar-refractivity contribution in [1.29, 1.82) is 0 Å². The molecule has 13 heavy (non-hydrogen) atoms. The fourth-order valence-corrected chi connectivity index (χ4v) is 11.3. The summed E-state index contributed by atoms with van der Waals surface area (Å²) in [6, 6.07) is 0. The molecule has 0 saturated carbocycles. The number of nitrogens with zero attached hydrogens (tertiary/aromatic N) is 1. The zero-order chi connectivity index (χ0) is 10.9. The molecule has 0 saturated heterocycles. The number of carbonyl (C=O) groups excluding carboxylic acids is 1. The molecule has 0 aromatic heterocycles. The van der Waals surface area contributed by atoms with Gasteiger partial charge in [-0.15, -0.1) is 12.6 Å². The minimum Gasteiger partial charge on any atom is -0.339 e. The zero-order valence-corrected chi connectivity index (χ0v) is 12.4. The number of rotatable bonds is 4. The molecule has 78 valence electrons. The molecule has 0 fully saturated rings. The topological polar surface area (TPSA) is 20.3 Å². The largest absolute Gasteiger partial charge is 0.339 e. The summed E-state index contributed by atoms with van der Waals surface area (Å²) in [6.45, 7) is 14.2. The van der Waals surface area contributed by atoms with Crippen LogP contribution in [0.3, 0.4) is 0 Å². The van der Waals surface area contributed by atoms with Crippen LogP contribution in [0.25, 0.3) is 0 Å². The van der Waals surface area contributed by atoms with Crippen molar-refractivity contribution in [3.05, 3.63) is 0 Å². The molecule has 0 rings (SSSR count). The van der Waals surface area contributed by atoms with Gasteiger partial charge in [-0.05, 0) is 0 Å². The molecule has 2 nitrogen and oxygen atoms in total. The van der Waals surface area contributed by atoms with Crippen molar-refractivity contribution in [3.63, 3.8) is 0 Å². The van der Waals surface area contributed by atoms with Gasteiger partial charge in [-0.25, -0.2) is 0 Å². The average molecular weight is 236 g/mol. The molecule has 0 aliphatic rings. The Hall–Kier alpha value is 0.414. The SMILES string of the molecule is C[Si](C)(C)N(CC(=O)S)[Si](C)(C)C. The molecule has 0 N–H and O–H groups in total. The Balaban J connectivity index is 4.68. The van der Waals surface area contributed by atoms with Crippen molar-refractivity contribution in [2.75, 3.05) is 6.54 Å². The summed E-state index contributed by atoms with van der Waals surface area (Å²) in [6.07, 6.45) is 0. The third-order valence-electron chi connectivity index (χ3n) is 1.91. The molecule has 0 heterocycles. The first-order valence-corrected chi connectivity index (χ1v) is 11.9. The van der Waals surface area contributed by atoms with Crippen LogP contribution in [0.2, 0.25) is 39.3 Å². The van der Waals surface area contributed by atoms with Crippen molar-refractivity contribution >= 4 is 34.2 Å². The maximum atomic E-state index is 11.0. The van der Waals surface area contributed by atoms with E-state index in [-0.39, 0.29) is 5.12 Å². The smallest absolute Gasteiger partial charge is 0.198 e. The normalized spacial score (nSPS) is 13.5. The van der Waals surface area contributed by atoms with Crippen LogP contribution in [0.1, 0.15) is 0 Å². The van der Waals surface area contributed by atoms with Crippen LogP contribution in [-0.2, 0) is 4.79 Å². The van der Waals surface area contributed by atoms with Crippen molar-refractivity contribution in [2.45, 2.75) is 39.3 Å². The van der Waals surface area contributed by atoms with E-state index < -0.39 is 16.5 Å². The van der Waals surface area contributed by atoms with E-state index in [9.17, 15) is 4.79 Å². The van der Waals surface area contributed by atoms with Crippen molar-refractivity contribution in [3.8, 4) is 0 Å². The Morgan fingerprint density at radius 1 is 1.08 bits per heavy atom. The molecular weight excluding hydrogens is 214 g/mol. The second kappa shape index (κ2) is 4.29. The lowest BCUT2D eigenvalue weighted by molar-refractivity contribution is -0.110. The van der Waals surface area contributed by atoms with Gasteiger partial charge in [-0.2, -0.15) is 0 Å². The summed E-state index contributed by atoms with van der Waals surface area (Å²) in [5, 5.41) is -0.00940. The van der Waals surface area contributed by atoms with Crippen molar-refractivity contribution in [2.24, 2.45) is 0 Å². The first-order valence-electron chi connectivity index (χ1n) is 4.54. The molecule has 0 aliphatic heterocycles. The van der Waals surface area contributed by atoms with Crippen molar-refractivity contribution < 1.29 is 4.79 Å². The second-order valence-electron chi connectivity index (χ2n) is 5.32. The molecule has 0 aliphatic carbocycles. The van der Waals surface area contributed by atoms with E-state index in [0.29, 0.717) is 6.54 Å². The molecular formula is C8H21NOSSi2. The van der Waals surface area contributed by atoms with Gasteiger partial charge in [0, 0.05) is 0 Å². The summed E-state index contributed by atoms with van der Waals surface area (Å²) in [4.78, 5) is 11.0. The molecule has 5 heteroatoms. The highest BCUT2D eigenvalue weighted by atomic mass is 32.1. The Labute approximate surface area is 89.3 Å². The Bertz CT molecular complexity index is 181. The van der Waals surface area contributed by atoms with Crippen molar-refractivity contribution in [1.82, 2.24) is 4.23 Å². The number of hydrogen-bond acceptors (Lipinski definition) is 2.